The molecule has 0 radical (unpaired) electrons. The van der Waals surface area contributed by atoms with Gasteiger partial charge in [0.15, 0.2) is 0 Å². The smallest absolute Gasteiger partial charge is 0.144 e. The van der Waals surface area contributed by atoms with Crippen molar-refractivity contribution < 1.29 is 9.47 Å². The Hall–Kier alpha value is -1.42. The van der Waals surface area contributed by atoms with Crippen LogP contribution in [0.1, 0.15) is 27.2 Å². The van der Waals surface area contributed by atoms with Crippen LogP contribution in [-0.2, 0) is 4.74 Å². The summed E-state index contributed by atoms with van der Waals surface area (Å²) in [5.74, 6) is 0.772. The predicted molar refractivity (Wildman–Crippen MR) is 78.9 cm³/mol. The number of anilines is 2. The summed E-state index contributed by atoms with van der Waals surface area (Å²) in [6.45, 7) is 8.60. The molecule has 2 rings (SSSR count). The fraction of sp³-hybridized carbons (Fsp3) is 0.600. The fourth-order valence-electron chi connectivity index (χ4n) is 2.48. The summed E-state index contributed by atoms with van der Waals surface area (Å²) in [5, 5.41) is 0. The van der Waals surface area contributed by atoms with E-state index in [2.05, 4.69) is 24.8 Å². The lowest BCUT2D eigenvalue weighted by Gasteiger charge is -2.40. The average Bonchev–Trinajstić information content (AvgIpc) is 2.41. The number of hydrogen-bond donors (Lipinski definition) is 1. The molecule has 1 aliphatic rings. The molecule has 4 nitrogen and oxygen atoms in total. The number of nitrogen functional groups attached to an aromatic ring is 1. The van der Waals surface area contributed by atoms with Gasteiger partial charge in [0.25, 0.3) is 0 Å². The molecule has 0 spiro atoms. The summed E-state index contributed by atoms with van der Waals surface area (Å²) < 4.78 is 11.3. The second-order valence-corrected chi connectivity index (χ2v) is 5.01. The molecule has 1 aliphatic heterocycles. The highest BCUT2D eigenvalue weighted by atomic mass is 16.5. The van der Waals surface area contributed by atoms with Gasteiger partial charge in [-0.2, -0.15) is 0 Å². The Labute approximate surface area is 115 Å². The summed E-state index contributed by atoms with van der Waals surface area (Å²) in [6, 6.07) is 6.46. The molecule has 1 fully saturated rings. The van der Waals surface area contributed by atoms with Crippen LogP contribution >= 0.6 is 0 Å². The van der Waals surface area contributed by atoms with Gasteiger partial charge >= 0.3 is 0 Å². The third-order valence-electron chi connectivity index (χ3n) is 3.57. The monoisotopic (exact) mass is 264 g/mol. The van der Waals surface area contributed by atoms with Gasteiger partial charge in [0.05, 0.1) is 31.0 Å². The van der Waals surface area contributed by atoms with Crippen molar-refractivity contribution in [1.29, 1.82) is 0 Å². The highest BCUT2D eigenvalue weighted by Gasteiger charge is 2.26. The first kappa shape index (κ1) is 14.0. The molecule has 0 amide bonds. The van der Waals surface area contributed by atoms with Crippen LogP contribution in [0.15, 0.2) is 18.2 Å². The summed E-state index contributed by atoms with van der Waals surface area (Å²) >= 11 is 0. The van der Waals surface area contributed by atoms with Crippen LogP contribution in [0.4, 0.5) is 11.4 Å². The molecule has 1 aromatic rings. The van der Waals surface area contributed by atoms with Crippen molar-refractivity contribution in [1.82, 2.24) is 0 Å². The maximum Gasteiger partial charge on any atom is 0.144 e. The lowest BCUT2D eigenvalue weighted by Crippen LogP contribution is -2.48. The van der Waals surface area contributed by atoms with Gasteiger partial charge in [-0.25, -0.2) is 0 Å². The minimum Gasteiger partial charge on any atom is -0.492 e. The lowest BCUT2D eigenvalue weighted by atomic mass is 10.1. The minimum atomic E-state index is 0.260. The van der Waals surface area contributed by atoms with Gasteiger partial charge in [-0.15, -0.1) is 0 Å². The first-order chi connectivity index (χ1) is 9.15. The maximum absolute atomic E-state index is 5.93. The number of rotatable bonds is 4. The summed E-state index contributed by atoms with van der Waals surface area (Å²) in [5.41, 5.74) is 7.79. The van der Waals surface area contributed by atoms with Crippen LogP contribution in [0, 0.1) is 0 Å². The molecule has 4 heteroatoms. The lowest BCUT2D eigenvalue weighted by molar-refractivity contribution is 0.0299. The third kappa shape index (κ3) is 3.13. The Bertz CT molecular complexity index is 423. The predicted octanol–water partition coefficient (Wildman–Crippen LogP) is 2.67. The van der Waals surface area contributed by atoms with E-state index in [4.69, 9.17) is 15.2 Å². The third-order valence-corrected chi connectivity index (χ3v) is 3.57. The molecule has 1 heterocycles. The first-order valence-electron chi connectivity index (χ1n) is 7.06. The SMILES string of the molecule is CCOc1cc(N2CC(C)OCC2CC)ccc1N. The number of morpholine rings is 1. The zero-order chi connectivity index (χ0) is 13.8. The molecular weight excluding hydrogens is 240 g/mol. The maximum atomic E-state index is 5.93. The van der Waals surface area contributed by atoms with Gasteiger partial charge in [0, 0.05) is 18.3 Å². The van der Waals surface area contributed by atoms with Gasteiger partial charge < -0.3 is 20.1 Å². The van der Waals surface area contributed by atoms with E-state index in [9.17, 15) is 0 Å². The van der Waals surface area contributed by atoms with E-state index in [1.165, 1.54) is 5.69 Å². The van der Waals surface area contributed by atoms with Crippen LogP contribution in [0.5, 0.6) is 5.75 Å². The van der Waals surface area contributed by atoms with E-state index < -0.39 is 0 Å². The molecule has 1 saturated heterocycles. The Kier molecular flexibility index (Phi) is 4.53. The van der Waals surface area contributed by atoms with Crippen molar-refractivity contribution in [2.24, 2.45) is 0 Å². The first-order valence-corrected chi connectivity index (χ1v) is 7.06. The Balaban J connectivity index is 2.25. The minimum absolute atomic E-state index is 0.260. The molecular formula is C15H24N2O2. The summed E-state index contributed by atoms with van der Waals surface area (Å²) in [7, 11) is 0. The van der Waals surface area contributed by atoms with Gasteiger partial charge in [0.1, 0.15) is 5.75 Å². The van der Waals surface area contributed by atoms with Crippen molar-refractivity contribution in [2.45, 2.75) is 39.3 Å². The number of hydrogen-bond acceptors (Lipinski definition) is 4. The second kappa shape index (κ2) is 6.15. The fourth-order valence-corrected chi connectivity index (χ4v) is 2.48. The molecule has 0 bridgehead atoms. The van der Waals surface area contributed by atoms with Crippen molar-refractivity contribution in [2.75, 3.05) is 30.4 Å². The van der Waals surface area contributed by atoms with Crippen molar-refractivity contribution in [3.05, 3.63) is 18.2 Å². The zero-order valence-corrected chi connectivity index (χ0v) is 12.1. The quantitative estimate of drug-likeness (QED) is 0.849. The summed E-state index contributed by atoms with van der Waals surface area (Å²) in [6.07, 6.45) is 1.33. The summed E-state index contributed by atoms with van der Waals surface area (Å²) in [4.78, 5) is 2.40. The average molecular weight is 264 g/mol. The van der Waals surface area contributed by atoms with E-state index in [1.54, 1.807) is 0 Å². The second-order valence-electron chi connectivity index (χ2n) is 5.01. The molecule has 2 unspecified atom stereocenters. The number of benzene rings is 1. The highest BCUT2D eigenvalue weighted by molar-refractivity contribution is 5.63. The molecule has 1 aromatic carbocycles. The van der Waals surface area contributed by atoms with Crippen molar-refractivity contribution in [3.8, 4) is 5.75 Å². The van der Waals surface area contributed by atoms with Crippen molar-refractivity contribution in [3.63, 3.8) is 0 Å². The van der Waals surface area contributed by atoms with E-state index in [1.807, 2.05) is 19.1 Å². The molecule has 0 saturated carbocycles. The topological polar surface area (TPSA) is 47.7 Å². The molecule has 2 atom stereocenters. The van der Waals surface area contributed by atoms with E-state index >= 15 is 0 Å². The van der Waals surface area contributed by atoms with Crippen LogP contribution in [0.3, 0.4) is 0 Å². The van der Waals surface area contributed by atoms with Crippen LogP contribution < -0.4 is 15.4 Å². The zero-order valence-electron chi connectivity index (χ0n) is 12.1. The largest absolute Gasteiger partial charge is 0.492 e. The standard InChI is InChI=1S/C15H24N2O2/c1-4-12-10-19-11(3)9-17(12)13-6-7-14(16)15(8-13)18-5-2/h6-8,11-12H,4-5,9-10,16H2,1-3H3. The molecule has 0 aliphatic carbocycles. The molecule has 0 aromatic heterocycles. The molecule has 106 valence electrons. The Morgan fingerprint density at radius 2 is 2.21 bits per heavy atom. The number of ether oxygens (including phenoxy) is 2. The van der Waals surface area contributed by atoms with E-state index in [0.717, 1.165) is 25.3 Å². The van der Waals surface area contributed by atoms with Crippen LogP contribution in [-0.4, -0.2) is 31.9 Å². The van der Waals surface area contributed by atoms with E-state index in [0.29, 0.717) is 18.3 Å². The van der Waals surface area contributed by atoms with Gasteiger partial charge in [-0.1, -0.05) is 6.92 Å². The molecule has 19 heavy (non-hydrogen) atoms. The number of nitrogens with two attached hydrogens (primary N) is 1. The Morgan fingerprint density at radius 1 is 1.42 bits per heavy atom. The number of nitrogens with zero attached hydrogens (tertiary/aromatic N) is 1. The van der Waals surface area contributed by atoms with Gasteiger partial charge in [-0.05, 0) is 32.4 Å². The van der Waals surface area contributed by atoms with Crippen molar-refractivity contribution >= 4 is 11.4 Å². The Morgan fingerprint density at radius 3 is 2.89 bits per heavy atom. The highest BCUT2D eigenvalue weighted by Crippen LogP contribution is 2.30. The van der Waals surface area contributed by atoms with E-state index in [-0.39, 0.29) is 6.10 Å². The van der Waals surface area contributed by atoms with Crippen LogP contribution in [0.25, 0.3) is 0 Å². The van der Waals surface area contributed by atoms with Gasteiger partial charge in [-0.3, -0.25) is 0 Å². The normalized spacial score (nSPS) is 23.4. The van der Waals surface area contributed by atoms with Gasteiger partial charge in [0.2, 0.25) is 0 Å². The van der Waals surface area contributed by atoms with Crippen LogP contribution in [0.2, 0.25) is 0 Å². The molecule has 2 N–H and O–H groups in total.